The van der Waals surface area contributed by atoms with Crippen LogP contribution < -0.4 is 10.6 Å². The first-order valence-corrected chi connectivity index (χ1v) is 6.28. The molecule has 1 aromatic rings. The molecule has 2 N–H and O–H groups in total. The van der Waals surface area contributed by atoms with Gasteiger partial charge in [-0.15, -0.1) is 0 Å². The normalized spacial score (nSPS) is 17.6. The summed E-state index contributed by atoms with van der Waals surface area (Å²) in [4.78, 5) is 0. The van der Waals surface area contributed by atoms with Gasteiger partial charge in [0.1, 0.15) is 0 Å². The SMILES string of the molecule is Cn1cc(NCCCC2CCNCC2)cn1. The summed E-state index contributed by atoms with van der Waals surface area (Å²) in [6, 6.07) is 0. The van der Waals surface area contributed by atoms with Gasteiger partial charge < -0.3 is 10.6 Å². The molecule has 1 fully saturated rings. The summed E-state index contributed by atoms with van der Waals surface area (Å²) in [7, 11) is 1.94. The van der Waals surface area contributed by atoms with Gasteiger partial charge in [-0.2, -0.15) is 5.10 Å². The lowest BCUT2D eigenvalue weighted by Crippen LogP contribution is -2.27. The van der Waals surface area contributed by atoms with Gasteiger partial charge in [-0.3, -0.25) is 4.68 Å². The zero-order valence-electron chi connectivity index (χ0n) is 10.1. The fourth-order valence-electron chi connectivity index (χ4n) is 2.31. The number of anilines is 1. The number of aromatic nitrogens is 2. The number of nitrogens with one attached hydrogen (secondary N) is 2. The minimum Gasteiger partial charge on any atom is -0.383 e. The van der Waals surface area contributed by atoms with Crippen molar-refractivity contribution in [3.63, 3.8) is 0 Å². The molecule has 2 heterocycles. The van der Waals surface area contributed by atoms with Crippen molar-refractivity contribution < 1.29 is 0 Å². The smallest absolute Gasteiger partial charge is 0.0726 e. The Morgan fingerprint density at radius 3 is 3.00 bits per heavy atom. The molecule has 90 valence electrons. The Kier molecular flexibility index (Phi) is 4.22. The molecule has 1 aliphatic heterocycles. The molecule has 0 amide bonds. The van der Waals surface area contributed by atoms with Crippen molar-refractivity contribution in [3.05, 3.63) is 12.4 Å². The molecular weight excluding hydrogens is 200 g/mol. The lowest BCUT2D eigenvalue weighted by atomic mass is 9.93. The topological polar surface area (TPSA) is 41.9 Å². The Balaban J connectivity index is 1.57. The highest BCUT2D eigenvalue weighted by Crippen LogP contribution is 2.17. The quantitative estimate of drug-likeness (QED) is 0.744. The Hall–Kier alpha value is -1.03. The van der Waals surface area contributed by atoms with E-state index in [9.17, 15) is 0 Å². The molecule has 16 heavy (non-hydrogen) atoms. The molecule has 0 radical (unpaired) electrons. The molecule has 1 aliphatic rings. The van der Waals surface area contributed by atoms with Crippen LogP contribution in [0.1, 0.15) is 25.7 Å². The van der Waals surface area contributed by atoms with Crippen LogP contribution in [0.5, 0.6) is 0 Å². The highest BCUT2D eigenvalue weighted by Gasteiger charge is 2.11. The number of aryl methyl sites for hydroxylation is 1. The molecule has 0 saturated carbocycles. The van der Waals surface area contributed by atoms with Crippen LogP contribution >= 0.6 is 0 Å². The van der Waals surface area contributed by atoms with Crippen molar-refractivity contribution in [1.29, 1.82) is 0 Å². The summed E-state index contributed by atoms with van der Waals surface area (Å²) in [5.41, 5.74) is 1.13. The van der Waals surface area contributed by atoms with E-state index in [0.29, 0.717) is 0 Å². The molecule has 0 aromatic carbocycles. The van der Waals surface area contributed by atoms with Gasteiger partial charge in [0, 0.05) is 19.8 Å². The summed E-state index contributed by atoms with van der Waals surface area (Å²) in [5.74, 6) is 0.942. The van der Waals surface area contributed by atoms with E-state index in [1.165, 1.54) is 38.8 Å². The van der Waals surface area contributed by atoms with Crippen molar-refractivity contribution in [1.82, 2.24) is 15.1 Å². The average molecular weight is 222 g/mol. The second kappa shape index (κ2) is 5.89. The summed E-state index contributed by atoms with van der Waals surface area (Å²) in [5, 5.41) is 10.9. The minimum atomic E-state index is 0.942. The molecule has 4 heteroatoms. The zero-order chi connectivity index (χ0) is 11.2. The van der Waals surface area contributed by atoms with Crippen LogP contribution in [-0.2, 0) is 7.05 Å². The van der Waals surface area contributed by atoms with E-state index in [1.54, 1.807) is 0 Å². The molecule has 1 saturated heterocycles. The highest BCUT2D eigenvalue weighted by molar-refractivity contribution is 5.37. The molecule has 2 rings (SSSR count). The fourth-order valence-corrected chi connectivity index (χ4v) is 2.31. The Bertz CT molecular complexity index is 302. The highest BCUT2D eigenvalue weighted by atomic mass is 15.3. The maximum atomic E-state index is 4.13. The predicted molar refractivity (Wildman–Crippen MR) is 66.5 cm³/mol. The van der Waals surface area contributed by atoms with E-state index >= 15 is 0 Å². The molecule has 0 unspecified atom stereocenters. The van der Waals surface area contributed by atoms with Gasteiger partial charge in [-0.1, -0.05) is 0 Å². The molecule has 0 spiro atoms. The lowest BCUT2D eigenvalue weighted by molar-refractivity contribution is 0.350. The molecule has 4 nitrogen and oxygen atoms in total. The van der Waals surface area contributed by atoms with Crippen LogP contribution in [0.25, 0.3) is 0 Å². The van der Waals surface area contributed by atoms with Crippen LogP contribution in [0.15, 0.2) is 12.4 Å². The van der Waals surface area contributed by atoms with E-state index in [2.05, 4.69) is 15.7 Å². The average Bonchev–Trinajstić information content (AvgIpc) is 2.72. The second-order valence-corrected chi connectivity index (χ2v) is 4.67. The van der Waals surface area contributed by atoms with E-state index in [4.69, 9.17) is 0 Å². The fraction of sp³-hybridized carbons (Fsp3) is 0.750. The van der Waals surface area contributed by atoms with Crippen molar-refractivity contribution >= 4 is 5.69 Å². The summed E-state index contributed by atoms with van der Waals surface area (Å²) < 4.78 is 1.83. The predicted octanol–water partition coefficient (Wildman–Crippen LogP) is 1.61. The molecule has 0 aliphatic carbocycles. The number of nitrogens with zero attached hydrogens (tertiary/aromatic N) is 2. The third-order valence-electron chi connectivity index (χ3n) is 3.28. The van der Waals surface area contributed by atoms with E-state index in [0.717, 1.165) is 18.2 Å². The second-order valence-electron chi connectivity index (χ2n) is 4.67. The summed E-state index contributed by atoms with van der Waals surface area (Å²) in [6.07, 6.45) is 9.23. The van der Waals surface area contributed by atoms with Gasteiger partial charge in [0.15, 0.2) is 0 Å². The number of rotatable bonds is 5. The molecular formula is C12H22N4. The number of hydrogen-bond acceptors (Lipinski definition) is 3. The maximum absolute atomic E-state index is 4.13. The monoisotopic (exact) mass is 222 g/mol. The third kappa shape index (κ3) is 3.52. The van der Waals surface area contributed by atoms with Crippen LogP contribution in [0.4, 0.5) is 5.69 Å². The molecule has 0 atom stereocenters. The van der Waals surface area contributed by atoms with Crippen molar-refractivity contribution in [3.8, 4) is 0 Å². The van der Waals surface area contributed by atoms with Crippen molar-refractivity contribution in [2.45, 2.75) is 25.7 Å². The van der Waals surface area contributed by atoms with Crippen molar-refractivity contribution in [2.24, 2.45) is 13.0 Å². The first-order chi connectivity index (χ1) is 7.84. The molecule has 1 aromatic heterocycles. The Morgan fingerprint density at radius 2 is 2.31 bits per heavy atom. The zero-order valence-corrected chi connectivity index (χ0v) is 10.1. The van der Waals surface area contributed by atoms with Crippen LogP contribution in [0, 0.1) is 5.92 Å². The first-order valence-electron chi connectivity index (χ1n) is 6.28. The van der Waals surface area contributed by atoms with Gasteiger partial charge in [0.2, 0.25) is 0 Å². The third-order valence-corrected chi connectivity index (χ3v) is 3.28. The standard InChI is InChI=1S/C12H22N4/c1-16-10-12(9-15-16)14-6-2-3-11-4-7-13-8-5-11/h9-11,13-14H,2-8H2,1H3. The van der Waals surface area contributed by atoms with E-state index in [-0.39, 0.29) is 0 Å². The summed E-state index contributed by atoms with van der Waals surface area (Å²) in [6.45, 7) is 3.48. The summed E-state index contributed by atoms with van der Waals surface area (Å²) >= 11 is 0. The lowest BCUT2D eigenvalue weighted by Gasteiger charge is -2.22. The maximum Gasteiger partial charge on any atom is 0.0726 e. The van der Waals surface area contributed by atoms with Gasteiger partial charge in [-0.05, 0) is 44.7 Å². The minimum absolute atomic E-state index is 0.942. The van der Waals surface area contributed by atoms with E-state index < -0.39 is 0 Å². The van der Waals surface area contributed by atoms with Crippen LogP contribution in [-0.4, -0.2) is 29.4 Å². The number of hydrogen-bond donors (Lipinski definition) is 2. The Labute approximate surface area is 97.4 Å². The van der Waals surface area contributed by atoms with Gasteiger partial charge in [-0.25, -0.2) is 0 Å². The molecule has 0 bridgehead atoms. The van der Waals surface area contributed by atoms with Gasteiger partial charge in [0.05, 0.1) is 11.9 Å². The van der Waals surface area contributed by atoms with E-state index in [1.807, 2.05) is 24.1 Å². The number of piperidine rings is 1. The van der Waals surface area contributed by atoms with Gasteiger partial charge in [0.25, 0.3) is 0 Å². The van der Waals surface area contributed by atoms with Gasteiger partial charge >= 0.3 is 0 Å². The van der Waals surface area contributed by atoms with Crippen molar-refractivity contribution in [2.75, 3.05) is 25.0 Å². The van der Waals surface area contributed by atoms with Crippen LogP contribution in [0.2, 0.25) is 0 Å². The Morgan fingerprint density at radius 1 is 1.50 bits per heavy atom. The largest absolute Gasteiger partial charge is 0.383 e. The first kappa shape index (κ1) is 11.5. The van der Waals surface area contributed by atoms with Crippen LogP contribution in [0.3, 0.4) is 0 Å².